The largest absolute Gasteiger partial charge is 0.331 e. The van der Waals surface area contributed by atoms with Crippen LogP contribution in [0.3, 0.4) is 0 Å². The van der Waals surface area contributed by atoms with E-state index in [-0.39, 0.29) is 27.6 Å². The van der Waals surface area contributed by atoms with E-state index in [2.05, 4.69) is 25.5 Å². The van der Waals surface area contributed by atoms with Gasteiger partial charge >= 0.3 is 0 Å². The molecule has 0 bridgehead atoms. The number of aromatic nitrogens is 5. The Hall–Kier alpha value is -3.11. The van der Waals surface area contributed by atoms with Gasteiger partial charge in [0.15, 0.2) is 10.3 Å². The van der Waals surface area contributed by atoms with Crippen LogP contribution in [0.25, 0.3) is 11.4 Å². The van der Waals surface area contributed by atoms with Crippen molar-refractivity contribution in [2.24, 2.45) is 7.05 Å². The lowest BCUT2D eigenvalue weighted by Gasteiger charge is -2.00. The fraction of sp³-hybridized carbons (Fsp3) is 0.0625. The Bertz CT molecular complexity index is 1120. The lowest BCUT2D eigenvalue weighted by Crippen LogP contribution is -1.99. The summed E-state index contributed by atoms with van der Waals surface area (Å²) in [7, 11) is 1.75. The molecule has 0 spiro atoms. The number of carbonyl (C=O) groups excluding carboxylic acids is 1. The van der Waals surface area contributed by atoms with Gasteiger partial charge in [0.05, 0.1) is 11.8 Å². The third-order valence-electron chi connectivity index (χ3n) is 3.47. The van der Waals surface area contributed by atoms with Crippen LogP contribution in [0.5, 0.6) is 0 Å². The van der Waals surface area contributed by atoms with Gasteiger partial charge in [-0.15, -0.1) is 0 Å². The lowest BCUT2D eigenvalue weighted by molar-refractivity contribution is 0.0998. The maximum absolute atomic E-state index is 13.0. The summed E-state index contributed by atoms with van der Waals surface area (Å²) in [5.74, 6) is -0.841. The summed E-state index contributed by atoms with van der Waals surface area (Å²) in [6, 6.07) is 5.71. The Balaban J connectivity index is 1.56. The molecule has 0 amide bonds. The van der Waals surface area contributed by atoms with E-state index in [9.17, 15) is 9.18 Å². The number of hydrogen-bond acceptors (Lipinski definition) is 8. The van der Waals surface area contributed by atoms with Crippen LogP contribution >= 0.6 is 22.9 Å². The SMILES string of the molecule is Cn1cc(-c2noc(C(=O)c3sc(Nc4ccc(F)cc4)nc3Cl)n2)cn1. The van der Waals surface area contributed by atoms with E-state index < -0.39 is 5.78 Å². The molecule has 27 heavy (non-hydrogen) atoms. The van der Waals surface area contributed by atoms with Crippen LogP contribution in [0.4, 0.5) is 15.2 Å². The third-order valence-corrected chi connectivity index (χ3v) is 4.83. The Kier molecular flexibility index (Phi) is 4.42. The number of thiazole rings is 1. The van der Waals surface area contributed by atoms with Crippen molar-refractivity contribution in [2.45, 2.75) is 0 Å². The first-order valence-electron chi connectivity index (χ1n) is 7.56. The van der Waals surface area contributed by atoms with E-state index in [4.69, 9.17) is 16.1 Å². The second-order valence-corrected chi connectivity index (χ2v) is 6.78. The fourth-order valence-corrected chi connectivity index (χ4v) is 3.36. The summed E-state index contributed by atoms with van der Waals surface area (Å²) in [6.45, 7) is 0. The van der Waals surface area contributed by atoms with Crippen LogP contribution in [0.1, 0.15) is 15.6 Å². The number of ketones is 1. The van der Waals surface area contributed by atoms with Gasteiger partial charge in [-0.05, 0) is 24.3 Å². The molecular formula is C16H10ClFN6O2S. The summed E-state index contributed by atoms with van der Waals surface area (Å²) >= 11 is 7.11. The first kappa shape index (κ1) is 17.3. The molecule has 0 radical (unpaired) electrons. The van der Waals surface area contributed by atoms with E-state index in [1.165, 1.54) is 12.1 Å². The quantitative estimate of drug-likeness (QED) is 0.506. The molecule has 0 aliphatic rings. The summed E-state index contributed by atoms with van der Waals surface area (Å²) in [5, 5.41) is 11.2. The molecule has 0 aliphatic carbocycles. The van der Waals surface area contributed by atoms with E-state index in [0.29, 0.717) is 16.4 Å². The molecule has 0 fully saturated rings. The van der Waals surface area contributed by atoms with Crippen molar-refractivity contribution < 1.29 is 13.7 Å². The monoisotopic (exact) mass is 404 g/mol. The van der Waals surface area contributed by atoms with E-state index in [0.717, 1.165) is 11.3 Å². The zero-order valence-electron chi connectivity index (χ0n) is 13.7. The number of aryl methyl sites for hydroxylation is 1. The minimum Gasteiger partial charge on any atom is -0.331 e. The number of benzene rings is 1. The van der Waals surface area contributed by atoms with Gasteiger partial charge in [0.1, 0.15) is 10.7 Å². The highest BCUT2D eigenvalue weighted by Gasteiger charge is 2.24. The number of hydrogen-bond donors (Lipinski definition) is 1. The molecule has 3 heterocycles. The first-order chi connectivity index (χ1) is 13.0. The van der Waals surface area contributed by atoms with Crippen molar-refractivity contribution in [1.29, 1.82) is 0 Å². The zero-order valence-corrected chi connectivity index (χ0v) is 15.3. The molecule has 3 aromatic heterocycles. The van der Waals surface area contributed by atoms with Gasteiger partial charge in [-0.25, -0.2) is 9.37 Å². The van der Waals surface area contributed by atoms with Crippen LogP contribution in [-0.4, -0.2) is 30.7 Å². The molecule has 4 rings (SSSR count). The van der Waals surface area contributed by atoms with Crippen LogP contribution < -0.4 is 5.32 Å². The van der Waals surface area contributed by atoms with Crippen LogP contribution in [0, 0.1) is 5.82 Å². The second-order valence-electron chi connectivity index (χ2n) is 5.43. The molecule has 0 unspecified atom stereocenters. The highest BCUT2D eigenvalue weighted by molar-refractivity contribution is 7.18. The molecule has 4 aromatic rings. The van der Waals surface area contributed by atoms with Crippen LogP contribution in [-0.2, 0) is 7.05 Å². The molecule has 1 aromatic carbocycles. The van der Waals surface area contributed by atoms with Crippen LogP contribution in [0.2, 0.25) is 5.15 Å². The van der Waals surface area contributed by atoms with Gasteiger partial charge in [-0.1, -0.05) is 28.1 Å². The predicted molar refractivity (Wildman–Crippen MR) is 96.7 cm³/mol. The number of carbonyl (C=O) groups is 1. The number of nitrogens with one attached hydrogen (secondary N) is 1. The first-order valence-corrected chi connectivity index (χ1v) is 8.75. The van der Waals surface area contributed by atoms with Crippen molar-refractivity contribution in [1.82, 2.24) is 24.9 Å². The van der Waals surface area contributed by atoms with Gasteiger partial charge < -0.3 is 9.84 Å². The van der Waals surface area contributed by atoms with Gasteiger partial charge in [0.2, 0.25) is 5.82 Å². The van der Waals surface area contributed by atoms with Gasteiger partial charge in [0, 0.05) is 18.9 Å². The average molecular weight is 405 g/mol. The number of anilines is 2. The average Bonchev–Trinajstić information content (AvgIpc) is 3.36. The third kappa shape index (κ3) is 3.57. The predicted octanol–water partition coefficient (Wildman–Crippen LogP) is 3.69. The smallest absolute Gasteiger partial charge is 0.300 e. The minimum atomic E-state index is -0.535. The maximum Gasteiger partial charge on any atom is 0.300 e. The van der Waals surface area contributed by atoms with Gasteiger partial charge in [0.25, 0.3) is 11.7 Å². The number of rotatable bonds is 5. The number of nitrogens with zero attached hydrogens (tertiary/aromatic N) is 5. The highest BCUT2D eigenvalue weighted by atomic mass is 35.5. The molecule has 1 N–H and O–H groups in total. The normalized spacial score (nSPS) is 10.9. The Labute approximate surface area is 160 Å². The number of halogens is 2. The molecule has 136 valence electrons. The summed E-state index contributed by atoms with van der Waals surface area (Å²) in [4.78, 5) is 21.0. The van der Waals surface area contributed by atoms with E-state index in [1.54, 1.807) is 36.3 Å². The maximum atomic E-state index is 13.0. The van der Waals surface area contributed by atoms with E-state index >= 15 is 0 Å². The molecule has 8 nitrogen and oxygen atoms in total. The van der Waals surface area contributed by atoms with Crippen molar-refractivity contribution in [3.8, 4) is 11.4 Å². The minimum absolute atomic E-state index is 0.00994. The van der Waals surface area contributed by atoms with Crippen LogP contribution in [0.15, 0.2) is 41.2 Å². The Morgan fingerprint density at radius 1 is 1.30 bits per heavy atom. The summed E-state index contributed by atoms with van der Waals surface area (Å²) in [5.41, 5.74) is 1.23. The Morgan fingerprint density at radius 2 is 2.07 bits per heavy atom. The molecule has 0 atom stereocenters. The van der Waals surface area contributed by atoms with Crippen molar-refractivity contribution in [2.75, 3.05) is 5.32 Å². The molecule has 0 saturated heterocycles. The van der Waals surface area contributed by atoms with Gasteiger partial charge in [-0.3, -0.25) is 9.48 Å². The Morgan fingerprint density at radius 3 is 2.78 bits per heavy atom. The fourth-order valence-electron chi connectivity index (χ4n) is 2.22. The van der Waals surface area contributed by atoms with Crippen molar-refractivity contribution in [3.05, 3.63) is 58.4 Å². The van der Waals surface area contributed by atoms with Crippen molar-refractivity contribution in [3.63, 3.8) is 0 Å². The van der Waals surface area contributed by atoms with Crippen molar-refractivity contribution >= 4 is 39.5 Å². The second kappa shape index (κ2) is 6.89. The summed E-state index contributed by atoms with van der Waals surface area (Å²) in [6.07, 6.45) is 3.26. The molecular weight excluding hydrogens is 395 g/mol. The standard InChI is InChI=1S/C16H10ClFN6O2S/c1-24-7-8(6-19-24)14-22-15(26-23-14)11(25)12-13(17)21-16(27-12)20-10-4-2-9(18)3-5-10/h2-7H,1H3,(H,20,21). The highest BCUT2D eigenvalue weighted by Crippen LogP contribution is 2.31. The zero-order chi connectivity index (χ0) is 19.0. The van der Waals surface area contributed by atoms with E-state index in [1.807, 2.05) is 0 Å². The molecule has 0 saturated carbocycles. The summed E-state index contributed by atoms with van der Waals surface area (Å²) < 4.78 is 19.6. The molecule has 0 aliphatic heterocycles. The van der Waals surface area contributed by atoms with Gasteiger partial charge in [-0.2, -0.15) is 10.1 Å². The topological polar surface area (TPSA) is 98.7 Å². The molecule has 11 heteroatoms. The lowest BCUT2D eigenvalue weighted by atomic mass is 10.3.